The van der Waals surface area contributed by atoms with Crippen molar-refractivity contribution in [2.45, 2.75) is 115 Å². The van der Waals surface area contributed by atoms with Crippen molar-refractivity contribution in [3.8, 4) is 0 Å². The van der Waals surface area contributed by atoms with E-state index in [1.165, 1.54) is 25.7 Å². The second-order valence-corrected chi connectivity index (χ2v) is 14.5. The quantitative estimate of drug-likeness (QED) is 0.0451. The van der Waals surface area contributed by atoms with Gasteiger partial charge in [-0.05, 0) is 12.8 Å². The summed E-state index contributed by atoms with van der Waals surface area (Å²) in [6, 6.07) is -1.58. The van der Waals surface area contributed by atoms with Crippen LogP contribution in [0, 0.1) is 5.92 Å². The lowest BCUT2D eigenvalue weighted by molar-refractivity contribution is -0.157. The molecule has 19 heteroatoms. The van der Waals surface area contributed by atoms with Gasteiger partial charge in [0.15, 0.2) is 0 Å². The van der Waals surface area contributed by atoms with Crippen LogP contribution in [-0.2, 0) is 62.0 Å². The molecule has 0 aliphatic carbocycles. The molecule has 19 nitrogen and oxygen atoms in total. The summed E-state index contributed by atoms with van der Waals surface area (Å²) in [5, 5.41) is 26.3. The van der Waals surface area contributed by atoms with Crippen LogP contribution in [0.25, 0.3) is 0 Å². The van der Waals surface area contributed by atoms with Crippen molar-refractivity contribution >= 4 is 41.7 Å². The Morgan fingerprint density at radius 1 is 0.550 bits per heavy atom. The number of amides is 3. The van der Waals surface area contributed by atoms with Crippen molar-refractivity contribution < 1.29 is 72.2 Å². The normalized spacial score (nSPS) is 18.5. The van der Waals surface area contributed by atoms with Gasteiger partial charge in [-0.25, -0.2) is 10.2 Å². The van der Waals surface area contributed by atoms with Crippen molar-refractivity contribution in [1.82, 2.24) is 21.1 Å². The average molecular weight is 861 g/mol. The maximum absolute atomic E-state index is 13.4. The van der Waals surface area contributed by atoms with Gasteiger partial charge in [-0.15, -0.1) is 0 Å². The molecule has 60 heavy (non-hydrogen) atoms. The molecule has 0 bridgehead atoms. The highest BCUT2D eigenvalue weighted by atomic mass is 16.5. The molecule has 0 aromatic rings. The van der Waals surface area contributed by atoms with Crippen molar-refractivity contribution in [2.24, 2.45) is 5.92 Å². The highest BCUT2D eigenvalue weighted by Crippen LogP contribution is 2.20. The minimum atomic E-state index is -1.58. The zero-order chi connectivity index (χ0) is 43.9. The number of aldehydes is 1. The van der Waals surface area contributed by atoms with Crippen molar-refractivity contribution in [1.29, 1.82) is 0 Å². The Morgan fingerprint density at radius 3 is 1.42 bits per heavy atom. The predicted octanol–water partition coefficient (Wildman–Crippen LogP) is 2.22. The number of hydrogen-bond acceptors (Lipinski definition) is 14. The van der Waals surface area contributed by atoms with Gasteiger partial charge in [0.05, 0.1) is 59.5 Å². The fraction of sp³-hybridized carbons (Fsp3) is 0.829. The largest absolute Gasteiger partial charge is 0.481 e. The molecule has 1 unspecified atom stereocenters. The number of ketones is 1. The average Bonchev–Trinajstić information content (AvgIpc) is 3.22. The Kier molecular flexibility index (Phi) is 34.8. The zero-order valence-corrected chi connectivity index (χ0v) is 35.5. The van der Waals surface area contributed by atoms with E-state index in [0.717, 1.165) is 56.4 Å². The molecule has 1 aliphatic rings. The van der Waals surface area contributed by atoms with Crippen LogP contribution < -0.4 is 16.1 Å². The van der Waals surface area contributed by atoms with Crippen molar-refractivity contribution in [3.05, 3.63) is 0 Å². The molecule has 1 aliphatic heterocycles. The highest BCUT2D eigenvalue weighted by Gasteiger charge is 2.37. The first-order chi connectivity index (χ1) is 29.2. The van der Waals surface area contributed by atoms with Gasteiger partial charge in [-0.1, -0.05) is 77.0 Å². The van der Waals surface area contributed by atoms with Gasteiger partial charge in [0, 0.05) is 38.9 Å². The van der Waals surface area contributed by atoms with Gasteiger partial charge >= 0.3 is 11.9 Å². The monoisotopic (exact) mass is 860 g/mol. The first-order valence-electron chi connectivity index (χ1n) is 21.6. The van der Waals surface area contributed by atoms with E-state index in [1.54, 1.807) is 0 Å². The Morgan fingerprint density at radius 2 is 0.967 bits per heavy atom. The minimum absolute atomic E-state index is 0.0212. The lowest BCUT2D eigenvalue weighted by Gasteiger charge is -2.31. The lowest BCUT2D eigenvalue weighted by Crippen LogP contribution is -2.55. The van der Waals surface area contributed by atoms with Gasteiger partial charge in [-0.2, -0.15) is 0 Å². The summed E-state index contributed by atoms with van der Waals surface area (Å²) >= 11 is 0. The fourth-order valence-corrected chi connectivity index (χ4v) is 6.26. The molecule has 346 valence electrons. The van der Waals surface area contributed by atoms with E-state index in [0.29, 0.717) is 45.5 Å². The van der Waals surface area contributed by atoms with Gasteiger partial charge in [0.1, 0.15) is 43.8 Å². The van der Waals surface area contributed by atoms with Crippen molar-refractivity contribution in [2.75, 3.05) is 98.9 Å². The lowest BCUT2D eigenvalue weighted by atomic mass is 9.91. The Labute approximate surface area is 354 Å². The number of carbonyl (C=O) groups excluding carboxylic acids is 5. The van der Waals surface area contributed by atoms with Crippen LogP contribution in [0.4, 0.5) is 0 Å². The third kappa shape index (κ3) is 30.4. The molecule has 1 rings (SSSR count). The number of aliphatic carboxylic acids is 2. The SMILES string of the molecule is O=CCOCCOCCNC(=O)COCCOCCNC(=O)COCCOCCNN1C(=O)CCCCCCCCCCCCCCCCC(=O)C(C(=O)O)C[C@H]1C(=O)O. The number of carboxylic acid groups (broad SMARTS) is 2. The van der Waals surface area contributed by atoms with E-state index >= 15 is 0 Å². The van der Waals surface area contributed by atoms with E-state index in [4.69, 9.17) is 28.4 Å². The summed E-state index contributed by atoms with van der Waals surface area (Å²) in [6.07, 6.45) is 14.1. The highest BCUT2D eigenvalue weighted by molar-refractivity contribution is 5.99. The van der Waals surface area contributed by atoms with Crippen LogP contribution in [0.5, 0.6) is 0 Å². The molecule has 2 atom stereocenters. The number of hydrogen-bond donors (Lipinski definition) is 5. The number of nitrogens with zero attached hydrogens (tertiary/aromatic N) is 1. The van der Waals surface area contributed by atoms with E-state index in [-0.39, 0.29) is 97.2 Å². The Hall–Kier alpha value is -3.59. The summed E-state index contributed by atoms with van der Waals surface area (Å²) < 4.78 is 31.7. The minimum Gasteiger partial charge on any atom is -0.481 e. The van der Waals surface area contributed by atoms with Gasteiger partial charge in [-0.3, -0.25) is 29.0 Å². The van der Waals surface area contributed by atoms with Crippen LogP contribution in [0.2, 0.25) is 0 Å². The molecule has 0 aromatic carbocycles. The molecule has 5 N–H and O–H groups in total. The smallest absolute Gasteiger partial charge is 0.328 e. The fourth-order valence-electron chi connectivity index (χ4n) is 6.26. The van der Waals surface area contributed by atoms with E-state index in [2.05, 4.69) is 16.1 Å². The molecule has 3 amide bonds. The first-order valence-corrected chi connectivity index (χ1v) is 21.6. The standard InChI is InChI=1S/C41H72N4O15/c46-20-24-58-26-25-55-21-17-42-37(48)32-59-29-27-56-22-18-43-38(49)33-60-30-28-57-23-19-44-45-35(41(53)54)31-34(40(51)52)36(47)15-13-11-9-7-5-3-1-2-4-6-8-10-12-14-16-39(45)50/h20,34-35,44H,1-19,21-33H2,(H,42,48)(H,43,49)(H,51,52)(H,53,54)/t34?,35-/m0/s1. The summed E-state index contributed by atoms with van der Waals surface area (Å²) in [5.41, 5.74) is 2.82. The molecule has 0 saturated carbocycles. The third-order valence-corrected chi connectivity index (χ3v) is 9.51. The molecule has 1 heterocycles. The van der Waals surface area contributed by atoms with Crippen molar-refractivity contribution in [3.63, 3.8) is 0 Å². The number of carbonyl (C=O) groups is 7. The number of hydrazine groups is 1. The Bertz CT molecular complexity index is 1190. The van der Waals surface area contributed by atoms with Crippen LogP contribution >= 0.6 is 0 Å². The summed E-state index contributed by atoms with van der Waals surface area (Å²) in [5.74, 6) is -6.07. The number of ether oxygens (including phenoxy) is 6. The van der Waals surface area contributed by atoms with Crippen LogP contribution in [0.1, 0.15) is 109 Å². The molecule has 1 saturated heterocycles. The number of carboxylic acids is 2. The molecule has 0 spiro atoms. The number of Topliss-reactive ketones (excluding diaryl/α,β-unsaturated/α-hetero) is 1. The molecular weight excluding hydrogens is 788 g/mol. The van der Waals surface area contributed by atoms with E-state index < -0.39 is 42.0 Å². The predicted molar refractivity (Wildman–Crippen MR) is 218 cm³/mol. The maximum Gasteiger partial charge on any atom is 0.328 e. The van der Waals surface area contributed by atoms with E-state index in [1.807, 2.05) is 0 Å². The number of nitrogens with one attached hydrogen (secondary N) is 3. The number of rotatable bonds is 27. The third-order valence-electron chi connectivity index (χ3n) is 9.51. The molecule has 1 fully saturated rings. The molecule has 0 radical (unpaired) electrons. The summed E-state index contributed by atoms with van der Waals surface area (Å²) in [6.45, 7) is 2.02. The second-order valence-electron chi connectivity index (χ2n) is 14.5. The molecular formula is C41H72N4O15. The zero-order valence-electron chi connectivity index (χ0n) is 35.5. The van der Waals surface area contributed by atoms with Crippen LogP contribution in [-0.4, -0.2) is 162 Å². The van der Waals surface area contributed by atoms with Gasteiger partial charge < -0.3 is 54.1 Å². The summed E-state index contributed by atoms with van der Waals surface area (Å²) in [7, 11) is 0. The van der Waals surface area contributed by atoms with E-state index in [9.17, 15) is 43.8 Å². The second kappa shape index (κ2) is 38.3. The molecule has 0 aromatic heterocycles. The van der Waals surface area contributed by atoms with Crippen LogP contribution in [0.3, 0.4) is 0 Å². The topological polar surface area (TPSA) is 255 Å². The Balaban J connectivity index is 2.37. The van der Waals surface area contributed by atoms with Crippen LogP contribution in [0.15, 0.2) is 0 Å². The van der Waals surface area contributed by atoms with Gasteiger partial charge in [0.2, 0.25) is 17.7 Å². The first kappa shape index (κ1) is 54.4. The summed E-state index contributed by atoms with van der Waals surface area (Å²) in [4.78, 5) is 84.9. The van der Waals surface area contributed by atoms with Gasteiger partial charge in [0.25, 0.3) is 0 Å². The maximum atomic E-state index is 13.4.